The molecule has 0 saturated carbocycles. The van der Waals surface area contributed by atoms with Gasteiger partial charge in [0.15, 0.2) is 0 Å². The van der Waals surface area contributed by atoms with Crippen molar-refractivity contribution in [1.29, 1.82) is 0 Å². The van der Waals surface area contributed by atoms with Gasteiger partial charge < -0.3 is 38.8 Å². The molecule has 1 aliphatic heterocycles. The Balaban J connectivity index is 0.00000385. The minimum Gasteiger partial charge on any atom is -1.00 e. The number of nitrogens with zero attached hydrogens (tertiary/aromatic N) is 1. The summed E-state index contributed by atoms with van der Waals surface area (Å²) in [5.41, 5.74) is 5.33. The van der Waals surface area contributed by atoms with Gasteiger partial charge in [-0.2, -0.15) is 0 Å². The molecule has 0 aliphatic carbocycles. The summed E-state index contributed by atoms with van der Waals surface area (Å²) in [4.78, 5) is 25.3. The van der Waals surface area contributed by atoms with Crippen molar-refractivity contribution in [3.05, 3.63) is 88.3 Å². The highest BCUT2D eigenvalue weighted by Crippen LogP contribution is 2.40. The fourth-order valence-electron chi connectivity index (χ4n) is 4.29. The van der Waals surface area contributed by atoms with Crippen molar-refractivity contribution in [2.45, 2.75) is 26.3 Å². The van der Waals surface area contributed by atoms with E-state index in [1.165, 1.54) is 19.8 Å². The van der Waals surface area contributed by atoms with Crippen LogP contribution in [0.5, 0.6) is 0 Å². The van der Waals surface area contributed by atoms with Gasteiger partial charge in [0, 0.05) is 17.0 Å². The first-order valence-corrected chi connectivity index (χ1v) is 10.5. The highest BCUT2D eigenvalue weighted by molar-refractivity contribution is 5.99. The molecule has 33 heavy (non-hydrogen) atoms. The van der Waals surface area contributed by atoms with Gasteiger partial charge in [0.25, 0.3) is 0 Å². The fraction of sp³-hybridized carbons (Fsp3) is 0.308. The molecule has 0 aromatic heterocycles. The lowest BCUT2D eigenvalue weighted by molar-refractivity contribution is -0.137. The maximum absolute atomic E-state index is 12.7. The topological polar surface area (TPSA) is 64.6 Å². The molecule has 7 heteroatoms. The third kappa shape index (κ3) is 5.65. The molecule has 2 aromatic rings. The summed E-state index contributed by atoms with van der Waals surface area (Å²) in [5, 5.41) is 3.13. The van der Waals surface area contributed by atoms with E-state index in [1.807, 2.05) is 44.2 Å². The first-order valence-electron chi connectivity index (χ1n) is 10.5. The predicted molar refractivity (Wildman–Crippen MR) is 126 cm³/mol. The zero-order valence-electron chi connectivity index (χ0n) is 19.9. The van der Waals surface area contributed by atoms with Crippen molar-refractivity contribution < 1.29 is 43.0 Å². The maximum Gasteiger partial charge on any atom is 0.336 e. The molecule has 0 spiro atoms. The molecule has 3 rings (SSSR count). The molecule has 2 aromatic carbocycles. The SMILES string of the molecule is COC(=O)C1=C(C)NC(C)=C(C(=O)OC)C1c1ccc([N+](C)(C)Cc2ccccc2)cc1.[I-]. The van der Waals surface area contributed by atoms with Gasteiger partial charge in [-0.1, -0.05) is 42.5 Å². The van der Waals surface area contributed by atoms with Crippen LogP contribution in [0.15, 0.2) is 77.1 Å². The number of nitrogens with one attached hydrogen (secondary N) is 1. The van der Waals surface area contributed by atoms with Gasteiger partial charge in [-0.25, -0.2) is 9.59 Å². The van der Waals surface area contributed by atoms with Crippen LogP contribution in [-0.2, 0) is 25.6 Å². The Morgan fingerprint density at radius 1 is 0.848 bits per heavy atom. The number of halogens is 1. The van der Waals surface area contributed by atoms with Crippen molar-refractivity contribution in [3.63, 3.8) is 0 Å². The van der Waals surface area contributed by atoms with Crippen LogP contribution in [0.1, 0.15) is 30.9 Å². The Kier molecular flexibility index (Phi) is 8.85. The van der Waals surface area contributed by atoms with Gasteiger partial charge in [0.1, 0.15) is 12.2 Å². The number of methoxy groups -OCH3 is 2. The molecule has 0 saturated heterocycles. The van der Waals surface area contributed by atoms with E-state index in [-0.39, 0.29) is 24.0 Å². The first kappa shape index (κ1) is 26.6. The summed E-state index contributed by atoms with van der Waals surface area (Å²) in [5.74, 6) is -1.52. The average Bonchev–Trinajstić information content (AvgIpc) is 2.78. The fourth-order valence-corrected chi connectivity index (χ4v) is 4.29. The quantitative estimate of drug-likeness (QED) is 0.324. The zero-order valence-corrected chi connectivity index (χ0v) is 22.1. The molecular weight excluding hydrogens is 531 g/mol. The predicted octanol–water partition coefficient (Wildman–Crippen LogP) is 1.04. The van der Waals surface area contributed by atoms with Gasteiger partial charge in [0.2, 0.25) is 0 Å². The van der Waals surface area contributed by atoms with Crippen LogP contribution in [-0.4, -0.2) is 40.3 Å². The van der Waals surface area contributed by atoms with Crippen molar-refractivity contribution in [3.8, 4) is 0 Å². The van der Waals surface area contributed by atoms with Crippen LogP contribution in [0.4, 0.5) is 5.69 Å². The summed E-state index contributed by atoms with van der Waals surface area (Å²) < 4.78 is 10.7. The Morgan fingerprint density at radius 2 is 1.33 bits per heavy atom. The minimum absolute atomic E-state index is 0. The molecule has 176 valence electrons. The molecule has 0 amide bonds. The highest BCUT2D eigenvalue weighted by atomic mass is 127. The van der Waals surface area contributed by atoms with E-state index in [9.17, 15) is 9.59 Å². The number of rotatable bonds is 6. The third-order valence-electron chi connectivity index (χ3n) is 5.92. The third-order valence-corrected chi connectivity index (χ3v) is 5.92. The van der Waals surface area contributed by atoms with Crippen LogP contribution < -0.4 is 33.8 Å². The summed E-state index contributed by atoms with van der Waals surface area (Å²) in [6.45, 7) is 4.46. The average molecular weight is 562 g/mol. The van der Waals surface area contributed by atoms with Gasteiger partial charge >= 0.3 is 11.9 Å². The lowest BCUT2D eigenvalue weighted by Crippen LogP contribution is -3.00. The van der Waals surface area contributed by atoms with Crippen LogP contribution in [0.3, 0.4) is 0 Å². The monoisotopic (exact) mass is 562 g/mol. The lowest BCUT2D eigenvalue weighted by Gasteiger charge is -2.32. The normalized spacial score (nSPS) is 14.4. The Hall–Kier alpha value is -2.65. The van der Waals surface area contributed by atoms with Crippen molar-refractivity contribution >= 4 is 17.6 Å². The van der Waals surface area contributed by atoms with Crippen LogP contribution in [0.2, 0.25) is 0 Å². The number of quaternary nitrogens is 1. The van der Waals surface area contributed by atoms with E-state index in [0.717, 1.165) is 17.8 Å². The number of benzene rings is 2. The molecule has 0 radical (unpaired) electrons. The van der Waals surface area contributed by atoms with Crippen LogP contribution in [0, 0.1) is 0 Å². The van der Waals surface area contributed by atoms with Crippen LogP contribution >= 0.6 is 0 Å². The molecular formula is C26H31IN2O4. The highest BCUT2D eigenvalue weighted by Gasteiger charge is 2.37. The van der Waals surface area contributed by atoms with Crippen LogP contribution in [0.25, 0.3) is 0 Å². The molecule has 1 heterocycles. The smallest absolute Gasteiger partial charge is 0.336 e. The largest absolute Gasteiger partial charge is 1.00 e. The van der Waals surface area contributed by atoms with Gasteiger partial charge in [-0.05, 0) is 31.5 Å². The van der Waals surface area contributed by atoms with Crippen molar-refractivity contribution in [2.24, 2.45) is 0 Å². The van der Waals surface area contributed by atoms with E-state index < -0.39 is 17.9 Å². The van der Waals surface area contributed by atoms with Gasteiger partial charge in [-0.3, -0.25) is 4.48 Å². The number of hydrogen-bond donors (Lipinski definition) is 1. The number of ether oxygens (including phenoxy) is 2. The zero-order chi connectivity index (χ0) is 23.5. The molecule has 0 bridgehead atoms. The second kappa shape index (κ2) is 11.0. The summed E-state index contributed by atoms with van der Waals surface area (Å²) >= 11 is 0. The van der Waals surface area contributed by atoms with E-state index >= 15 is 0 Å². The number of allylic oxidation sites excluding steroid dienone is 2. The Morgan fingerprint density at radius 3 is 1.79 bits per heavy atom. The van der Waals surface area contributed by atoms with E-state index in [0.29, 0.717) is 27.0 Å². The Bertz CT molecular complexity index is 1040. The number of hydrogen-bond acceptors (Lipinski definition) is 5. The van der Waals surface area contributed by atoms with E-state index in [2.05, 4.69) is 43.7 Å². The Labute approximate surface area is 212 Å². The summed E-state index contributed by atoms with van der Waals surface area (Å²) in [7, 11) is 6.99. The summed E-state index contributed by atoms with van der Waals surface area (Å²) in [6, 6.07) is 18.4. The molecule has 1 N–H and O–H groups in total. The molecule has 0 atom stereocenters. The number of carbonyl (C=O) groups excluding carboxylic acids is 2. The minimum atomic E-state index is -0.574. The second-order valence-corrected chi connectivity index (χ2v) is 8.54. The second-order valence-electron chi connectivity index (χ2n) is 8.54. The van der Waals surface area contributed by atoms with Crippen molar-refractivity contribution in [2.75, 3.05) is 28.3 Å². The maximum atomic E-state index is 12.7. The standard InChI is InChI=1S/C26H30N2O4.HI/c1-17-22(25(29)31-5)24(23(18(2)27-17)26(30)32-6)20-12-14-21(15-13-20)28(3,4)16-19-10-8-7-9-11-19;/h7-15,24H,16H2,1-6H3;1H. The first-order chi connectivity index (χ1) is 15.2. The van der Waals surface area contributed by atoms with E-state index in [4.69, 9.17) is 9.47 Å². The van der Waals surface area contributed by atoms with Crippen molar-refractivity contribution in [1.82, 2.24) is 9.80 Å². The number of carbonyl (C=O) groups is 2. The molecule has 1 aliphatic rings. The molecule has 6 nitrogen and oxygen atoms in total. The molecule has 0 unspecified atom stereocenters. The number of dihydropyridines is 1. The van der Waals surface area contributed by atoms with E-state index in [1.54, 1.807) is 0 Å². The molecule has 0 fully saturated rings. The van der Waals surface area contributed by atoms with Gasteiger partial charge in [0.05, 0.1) is 45.4 Å². The van der Waals surface area contributed by atoms with Gasteiger partial charge in [-0.15, -0.1) is 0 Å². The number of esters is 2. The lowest BCUT2D eigenvalue weighted by atomic mass is 9.80. The summed E-state index contributed by atoms with van der Waals surface area (Å²) in [6.07, 6.45) is 0.